The number of thiocarbonyl (C=S) groups is 3. The van der Waals surface area contributed by atoms with Gasteiger partial charge in [-0.3, -0.25) is 0 Å². The molecule has 0 N–H and O–H groups in total. The van der Waals surface area contributed by atoms with Crippen molar-refractivity contribution < 1.29 is 64.4 Å². The minimum Gasteiger partial charge on any atom is -1.00 e. The largest absolute Gasteiger partial charge is 1.00 e. The molecule has 0 radical (unpaired) electrons. The van der Waals surface area contributed by atoms with Crippen LogP contribution in [0.15, 0.2) is 23.3 Å². The van der Waals surface area contributed by atoms with Gasteiger partial charge in [0.25, 0.3) is 0 Å². The Hall–Kier alpha value is -0.0826. The molecule has 0 aromatic carbocycles. The number of halogens is 1. The molecule has 2 unspecified atom stereocenters. The van der Waals surface area contributed by atoms with E-state index >= 15 is 0 Å². The van der Waals surface area contributed by atoms with Gasteiger partial charge in [-0.15, -0.1) is 0 Å². The number of esters is 2. The summed E-state index contributed by atoms with van der Waals surface area (Å²) < 4.78 is 23.7. The number of epoxide rings is 1. The van der Waals surface area contributed by atoms with Crippen LogP contribution in [0.1, 0.15) is 98.9 Å². The average molecular weight is 700 g/mol. The summed E-state index contributed by atoms with van der Waals surface area (Å²) in [5.41, 5.74) is 0.179. The van der Waals surface area contributed by atoms with E-state index in [-0.39, 0.29) is 100 Å². The molecule has 2 aliphatic heterocycles. The predicted molar refractivity (Wildman–Crippen MR) is 175 cm³/mol. The van der Waals surface area contributed by atoms with Crippen LogP contribution in [-0.4, -0.2) is 55.4 Å². The molecule has 6 nitrogen and oxygen atoms in total. The fraction of sp³-hybridized carbons (Fsp3) is 0.714. The van der Waals surface area contributed by atoms with Crippen molar-refractivity contribution in [3.8, 4) is 0 Å². The van der Waals surface area contributed by atoms with E-state index in [4.69, 9.17) is 31.2 Å². The van der Waals surface area contributed by atoms with Crippen molar-refractivity contribution in [3.05, 3.63) is 23.3 Å². The number of hydrogen-bond donors (Lipinski definition) is 0. The molecule has 0 aromatic heterocycles. The van der Waals surface area contributed by atoms with E-state index < -0.39 is 5.60 Å². The molecule has 0 amide bonds. The van der Waals surface area contributed by atoms with Crippen LogP contribution in [0.2, 0.25) is 0 Å². The van der Waals surface area contributed by atoms with Crippen LogP contribution in [0.25, 0.3) is 0 Å². The SMILES string of the molecule is C.C.C.C.C/C=C(\C)C(=O)OCC1(C)OC(=S)SC1(C)C.C/C=C(\C)C(=O)OCC1(C)OC1(C)C.S=C=S.[Br-].[Li+]. The summed E-state index contributed by atoms with van der Waals surface area (Å²) in [4.78, 5) is 22.9. The van der Waals surface area contributed by atoms with Crippen molar-refractivity contribution >= 4 is 69.1 Å². The number of rotatable bonds is 6. The zero-order chi connectivity index (χ0) is 27.0. The Labute approximate surface area is 288 Å². The maximum Gasteiger partial charge on any atom is 1.00 e. The van der Waals surface area contributed by atoms with E-state index in [1.54, 1.807) is 32.9 Å². The monoisotopic (exact) mass is 698 g/mol. The Morgan fingerprint density at radius 1 is 0.850 bits per heavy atom. The van der Waals surface area contributed by atoms with Gasteiger partial charge in [0.2, 0.25) is 4.38 Å². The third-order valence-corrected chi connectivity index (χ3v) is 7.63. The van der Waals surface area contributed by atoms with Gasteiger partial charge in [-0.1, -0.05) is 53.6 Å². The summed E-state index contributed by atoms with van der Waals surface area (Å²) >= 11 is 14.5. The fourth-order valence-electron chi connectivity index (χ4n) is 2.46. The Morgan fingerprint density at radius 2 is 1.15 bits per heavy atom. The summed E-state index contributed by atoms with van der Waals surface area (Å²) in [6, 6.07) is 0. The van der Waals surface area contributed by atoms with E-state index in [1.165, 1.54) is 11.8 Å². The summed E-state index contributed by atoms with van der Waals surface area (Å²) in [6.45, 7) is 19.5. The summed E-state index contributed by atoms with van der Waals surface area (Å²) in [5, 5.41) is 0. The predicted octanol–water partition coefficient (Wildman–Crippen LogP) is 2.72. The van der Waals surface area contributed by atoms with Crippen LogP contribution in [-0.2, 0) is 28.5 Å². The maximum atomic E-state index is 11.6. The maximum absolute atomic E-state index is 11.6. The van der Waals surface area contributed by atoms with Crippen LogP contribution < -0.4 is 35.8 Å². The van der Waals surface area contributed by atoms with Crippen LogP contribution in [0, 0.1) is 0 Å². The second-order valence-corrected chi connectivity index (χ2v) is 12.1. The van der Waals surface area contributed by atoms with Gasteiger partial charge in [-0.25, -0.2) is 9.59 Å². The molecule has 2 saturated heterocycles. The molecule has 2 aliphatic rings. The van der Waals surface area contributed by atoms with Crippen molar-refractivity contribution in [1.82, 2.24) is 0 Å². The zero-order valence-electron chi connectivity index (χ0n) is 23.0. The Kier molecular flexibility index (Phi) is 32.6. The number of carbonyl (C=O) groups is 2. The van der Waals surface area contributed by atoms with Crippen molar-refractivity contribution in [2.24, 2.45) is 0 Å². The van der Waals surface area contributed by atoms with E-state index in [0.29, 0.717) is 22.1 Å². The second-order valence-electron chi connectivity index (χ2n) is 9.22. The molecular weight excluding hydrogens is 647 g/mol. The van der Waals surface area contributed by atoms with Gasteiger partial charge < -0.3 is 35.9 Å². The van der Waals surface area contributed by atoms with E-state index in [2.05, 4.69) is 24.4 Å². The topological polar surface area (TPSA) is 74.4 Å². The van der Waals surface area contributed by atoms with Gasteiger partial charge >= 0.3 is 30.8 Å². The number of hydrogen-bond acceptors (Lipinski definition) is 10. The Morgan fingerprint density at radius 3 is 1.38 bits per heavy atom. The molecule has 0 spiro atoms. The zero-order valence-corrected chi connectivity index (χ0v) is 27.9. The molecule has 0 saturated carbocycles. The Bertz CT molecular complexity index is 886. The molecule has 40 heavy (non-hydrogen) atoms. The molecule has 0 aliphatic carbocycles. The minimum atomic E-state index is -0.571. The fourth-order valence-corrected chi connectivity index (χ4v) is 4.23. The van der Waals surface area contributed by atoms with Gasteiger partial charge in [-0.05, 0) is 106 Å². The van der Waals surface area contributed by atoms with Gasteiger partial charge in [0, 0.05) is 15.5 Å². The van der Waals surface area contributed by atoms with Crippen LogP contribution in [0.3, 0.4) is 0 Å². The van der Waals surface area contributed by atoms with Crippen molar-refractivity contribution in [2.75, 3.05) is 13.2 Å². The van der Waals surface area contributed by atoms with Gasteiger partial charge in [-0.2, -0.15) is 0 Å². The molecule has 0 aromatic rings. The second kappa shape index (κ2) is 23.4. The third kappa shape index (κ3) is 16.5. The minimum absolute atomic E-state index is 0. The molecular formula is C28H52BrLiO6S4. The molecule has 0 bridgehead atoms. The Balaban J connectivity index is -0.0000000879. The number of allylic oxidation sites excluding steroid dienone is 2. The van der Waals surface area contributed by atoms with Crippen molar-refractivity contribution in [1.29, 1.82) is 0 Å². The van der Waals surface area contributed by atoms with Crippen LogP contribution in [0.5, 0.6) is 0 Å². The third-order valence-electron chi connectivity index (χ3n) is 6.10. The summed E-state index contributed by atoms with van der Waals surface area (Å²) in [7, 11) is 0. The standard InChI is InChI=1S/C12H18O3S2.C11H18O3.CS2.4CH4.BrH.Li/c1-6-8(2)9(13)14-7-12(5)11(3,4)17-10(16)15-12;1-6-8(2)9(12)13-7-11(5)10(3,4)14-11;2-1-3;;;;;;/h6H,7H2,1-5H3;6H,7H2,1-5H3;;4*1H4;1H;/q;;;;;;;;+1/p-1/b2*8-6+;;;;;;;. The molecule has 12 heteroatoms. The first kappa shape index (κ1) is 55.8. The smallest absolute Gasteiger partial charge is 1.00 e. The van der Waals surface area contributed by atoms with Gasteiger partial charge in [0.15, 0.2) is 5.60 Å². The number of carbonyl (C=O) groups excluding carboxylic acids is 2. The van der Waals surface area contributed by atoms with Crippen LogP contribution >= 0.6 is 48.4 Å². The first-order chi connectivity index (χ1) is 15.5. The van der Waals surface area contributed by atoms with E-state index in [1.807, 2.05) is 52.8 Å². The van der Waals surface area contributed by atoms with Gasteiger partial charge in [0.05, 0.1) is 10.3 Å². The van der Waals surface area contributed by atoms with Crippen LogP contribution in [0.4, 0.5) is 0 Å². The first-order valence-corrected chi connectivity index (χ1v) is 12.7. The molecule has 2 fully saturated rings. The summed E-state index contributed by atoms with van der Waals surface area (Å²) in [6.07, 6.45) is 3.47. The molecule has 2 atom stereocenters. The van der Waals surface area contributed by atoms with Gasteiger partial charge in [0.1, 0.15) is 18.8 Å². The molecule has 2 heterocycles. The molecule has 232 valence electrons. The normalized spacial score (nSPS) is 22.5. The quantitative estimate of drug-likeness (QED) is 0.136. The average Bonchev–Trinajstić information content (AvgIpc) is 3.17. The van der Waals surface area contributed by atoms with E-state index in [0.717, 1.165) is 0 Å². The van der Waals surface area contributed by atoms with E-state index in [9.17, 15) is 9.59 Å². The molecule has 2 rings (SSSR count). The first-order valence-electron chi connectivity index (χ1n) is 10.7. The summed E-state index contributed by atoms with van der Waals surface area (Å²) in [5.74, 6) is -0.573. The van der Waals surface area contributed by atoms with Crippen molar-refractivity contribution in [2.45, 2.75) is 120 Å². The number of thioether (sulfide) groups is 1. The number of ether oxygens (including phenoxy) is 4. The van der Waals surface area contributed by atoms with Crippen molar-refractivity contribution in [3.63, 3.8) is 0 Å².